The van der Waals surface area contributed by atoms with Crippen LogP contribution in [-0.2, 0) is 10.8 Å². The van der Waals surface area contributed by atoms with Crippen molar-refractivity contribution < 1.29 is 4.21 Å². The van der Waals surface area contributed by atoms with Gasteiger partial charge in [0.1, 0.15) is 0 Å². The molecule has 2 nitrogen and oxygen atoms in total. The molecule has 0 aromatic carbocycles. The van der Waals surface area contributed by atoms with Crippen LogP contribution in [0.1, 0.15) is 47.0 Å². The van der Waals surface area contributed by atoms with E-state index in [4.69, 9.17) is 0 Å². The Morgan fingerprint density at radius 2 is 1.93 bits per heavy atom. The van der Waals surface area contributed by atoms with Gasteiger partial charge in [-0.1, -0.05) is 20.3 Å². The molecule has 1 heterocycles. The summed E-state index contributed by atoms with van der Waals surface area (Å²) in [5.74, 6) is 0.810. The van der Waals surface area contributed by atoms with Gasteiger partial charge >= 0.3 is 0 Å². The van der Waals surface area contributed by atoms with Crippen LogP contribution in [0.3, 0.4) is 0 Å². The molecule has 2 aliphatic rings. The lowest BCUT2D eigenvalue weighted by atomic mass is 9.72. The first kappa shape index (κ1) is 11.6. The Balaban J connectivity index is 2.26. The van der Waals surface area contributed by atoms with Crippen LogP contribution in [0, 0.1) is 5.41 Å². The van der Waals surface area contributed by atoms with E-state index in [2.05, 4.69) is 33.0 Å². The molecule has 3 atom stereocenters. The van der Waals surface area contributed by atoms with Crippen molar-refractivity contribution in [2.45, 2.75) is 63.8 Å². The Morgan fingerprint density at radius 1 is 1.27 bits per heavy atom. The van der Waals surface area contributed by atoms with Gasteiger partial charge < -0.3 is 5.32 Å². The van der Waals surface area contributed by atoms with E-state index >= 15 is 0 Å². The minimum absolute atomic E-state index is 0.0423. The van der Waals surface area contributed by atoms with E-state index in [-0.39, 0.29) is 5.54 Å². The molecule has 1 aliphatic carbocycles. The molecule has 15 heavy (non-hydrogen) atoms. The van der Waals surface area contributed by atoms with Gasteiger partial charge in [-0.15, -0.1) is 0 Å². The van der Waals surface area contributed by atoms with Crippen LogP contribution >= 0.6 is 0 Å². The molecule has 1 saturated carbocycles. The number of hydrogen-bond donors (Lipinski definition) is 1. The van der Waals surface area contributed by atoms with Crippen molar-refractivity contribution >= 4 is 10.8 Å². The highest BCUT2D eigenvalue weighted by Crippen LogP contribution is 2.41. The summed E-state index contributed by atoms with van der Waals surface area (Å²) >= 11 is 0. The maximum atomic E-state index is 12.2. The standard InChI is InChI=1S/C12H23NOS/c1-11(2)7-5-6-9-10(11)13-12(3,4)8-15(9)14/h9-10,13H,5-8H2,1-4H3. The fourth-order valence-electron chi connectivity index (χ4n) is 3.08. The van der Waals surface area contributed by atoms with Gasteiger partial charge in [-0.3, -0.25) is 4.21 Å². The van der Waals surface area contributed by atoms with E-state index in [1.807, 2.05) is 0 Å². The predicted octanol–water partition coefficient (Wildman–Crippen LogP) is 2.06. The molecule has 0 radical (unpaired) electrons. The molecular weight excluding hydrogens is 206 g/mol. The highest BCUT2D eigenvalue weighted by Gasteiger charge is 2.47. The second-order valence-electron chi connectivity index (χ2n) is 6.45. The number of nitrogens with one attached hydrogen (secondary N) is 1. The van der Waals surface area contributed by atoms with Crippen LogP contribution in [0.2, 0.25) is 0 Å². The molecule has 3 unspecified atom stereocenters. The van der Waals surface area contributed by atoms with Gasteiger partial charge in [0.05, 0.1) is 5.25 Å². The molecule has 1 saturated heterocycles. The fourth-order valence-corrected chi connectivity index (χ4v) is 5.26. The Labute approximate surface area is 95.7 Å². The van der Waals surface area contributed by atoms with Crippen molar-refractivity contribution in [2.75, 3.05) is 5.75 Å². The summed E-state index contributed by atoms with van der Waals surface area (Å²) < 4.78 is 12.2. The third-order valence-electron chi connectivity index (χ3n) is 3.91. The molecule has 0 amide bonds. The van der Waals surface area contributed by atoms with E-state index in [1.54, 1.807) is 0 Å². The normalized spacial score (nSPS) is 43.3. The Hall–Kier alpha value is 0.110. The molecule has 0 bridgehead atoms. The summed E-state index contributed by atoms with van der Waals surface area (Å²) in [5.41, 5.74) is 0.344. The fraction of sp³-hybridized carbons (Fsp3) is 1.00. The minimum Gasteiger partial charge on any atom is -0.306 e. The predicted molar refractivity (Wildman–Crippen MR) is 65.4 cm³/mol. The van der Waals surface area contributed by atoms with Gasteiger partial charge in [0, 0.05) is 28.1 Å². The van der Waals surface area contributed by atoms with Crippen LogP contribution in [0.5, 0.6) is 0 Å². The molecule has 2 rings (SSSR count). The molecule has 0 spiro atoms. The van der Waals surface area contributed by atoms with Crippen molar-refractivity contribution in [1.82, 2.24) is 5.32 Å². The smallest absolute Gasteiger partial charge is 0.0507 e. The van der Waals surface area contributed by atoms with E-state index in [9.17, 15) is 4.21 Å². The number of hydrogen-bond acceptors (Lipinski definition) is 2. The molecule has 1 N–H and O–H groups in total. The van der Waals surface area contributed by atoms with Crippen molar-refractivity contribution in [3.63, 3.8) is 0 Å². The summed E-state index contributed by atoms with van der Waals surface area (Å²) in [6.07, 6.45) is 3.64. The SMILES string of the molecule is CC1(C)CS(=O)C2CCCC(C)(C)C2N1. The van der Waals surface area contributed by atoms with E-state index in [1.165, 1.54) is 12.8 Å². The quantitative estimate of drug-likeness (QED) is 0.689. The van der Waals surface area contributed by atoms with Crippen molar-refractivity contribution in [2.24, 2.45) is 5.41 Å². The average molecular weight is 229 g/mol. The van der Waals surface area contributed by atoms with Gasteiger partial charge in [0.15, 0.2) is 0 Å². The molecule has 2 fully saturated rings. The first-order valence-electron chi connectivity index (χ1n) is 5.97. The monoisotopic (exact) mass is 229 g/mol. The highest BCUT2D eigenvalue weighted by atomic mass is 32.2. The second kappa shape index (κ2) is 3.56. The number of rotatable bonds is 0. The van der Waals surface area contributed by atoms with Gasteiger partial charge in [-0.05, 0) is 32.1 Å². The lowest BCUT2D eigenvalue weighted by molar-refractivity contribution is 0.137. The van der Waals surface area contributed by atoms with E-state index in [0.717, 1.165) is 12.2 Å². The summed E-state index contributed by atoms with van der Waals surface area (Å²) in [6.45, 7) is 8.97. The van der Waals surface area contributed by atoms with Crippen molar-refractivity contribution in [3.05, 3.63) is 0 Å². The van der Waals surface area contributed by atoms with Gasteiger partial charge in [0.25, 0.3) is 0 Å². The van der Waals surface area contributed by atoms with Crippen LogP contribution < -0.4 is 5.32 Å². The summed E-state index contributed by atoms with van der Waals surface area (Å²) in [7, 11) is -0.635. The largest absolute Gasteiger partial charge is 0.306 e. The maximum absolute atomic E-state index is 12.2. The zero-order valence-electron chi connectivity index (χ0n) is 10.3. The van der Waals surface area contributed by atoms with Crippen LogP contribution in [0.15, 0.2) is 0 Å². The van der Waals surface area contributed by atoms with E-state index in [0.29, 0.717) is 16.7 Å². The summed E-state index contributed by atoms with van der Waals surface area (Å²) in [5, 5.41) is 4.11. The third kappa shape index (κ3) is 2.14. The molecule has 0 aromatic heterocycles. The number of fused-ring (bicyclic) bond motifs is 1. The third-order valence-corrected chi connectivity index (χ3v) is 6.10. The summed E-state index contributed by atoms with van der Waals surface area (Å²) in [4.78, 5) is 0. The Morgan fingerprint density at radius 3 is 2.60 bits per heavy atom. The molecular formula is C12H23NOS. The van der Waals surface area contributed by atoms with Crippen LogP contribution in [0.4, 0.5) is 0 Å². The summed E-state index contributed by atoms with van der Waals surface area (Å²) in [6, 6.07) is 0.441. The highest BCUT2D eigenvalue weighted by molar-refractivity contribution is 7.85. The zero-order chi connectivity index (χ0) is 11.3. The second-order valence-corrected chi connectivity index (χ2v) is 8.11. The van der Waals surface area contributed by atoms with E-state index < -0.39 is 10.8 Å². The lowest BCUT2D eigenvalue weighted by Crippen LogP contribution is -2.66. The Kier molecular flexibility index (Phi) is 2.75. The topological polar surface area (TPSA) is 29.1 Å². The van der Waals surface area contributed by atoms with Crippen LogP contribution in [0.25, 0.3) is 0 Å². The maximum Gasteiger partial charge on any atom is 0.0507 e. The van der Waals surface area contributed by atoms with Gasteiger partial charge in [-0.2, -0.15) is 0 Å². The first-order valence-corrected chi connectivity index (χ1v) is 7.35. The van der Waals surface area contributed by atoms with Crippen molar-refractivity contribution in [3.8, 4) is 0 Å². The minimum atomic E-state index is -0.635. The molecule has 88 valence electrons. The molecule has 3 heteroatoms. The van der Waals surface area contributed by atoms with Gasteiger partial charge in [-0.25, -0.2) is 0 Å². The zero-order valence-corrected chi connectivity index (χ0v) is 11.1. The molecule has 0 aromatic rings. The lowest BCUT2D eigenvalue weighted by Gasteiger charge is -2.51. The van der Waals surface area contributed by atoms with Gasteiger partial charge in [0.2, 0.25) is 0 Å². The van der Waals surface area contributed by atoms with Crippen molar-refractivity contribution in [1.29, 1.82) is 0 Å². The van der Waals surface area contributed by atoms with Crippen LogP contribution in [-0.4, -0.2) is 26.8 Å². The average Bonchev–Trinajstić information content (AvgIpc) is 2.05. The Bertz CT molecular complexity index is 285. The first-order chi connectivity index (χ1) is 6.82. The molecule has 1 aliphatic heterocycles.